The standard InChI is InChI=1S/C10H13N3O.ClH/c14-10(9-2-1-6-12-13-9)11-7-5-8-3-4-8;/h1-2,6,8H,3-5,7H2,(H,11,14);1H. The molecule has 82 valence electrons. The van der Waals surface area contributed by atoms with Gasteiger partial charge < -0.3 is 5.32 Å². The molecule has 0 spiro atoms. The third kappa shape index (κ3) is 3.83. The lowest BCUT2D eigenvalue weighted by molar-refractivity contribution is 0.0946. The first-order valence-corrected chi connectivity index (χ1v) is 4.92. The van der Waals surface area contributed by atoms with Crippen molar-refractivity contribution in [2.75, 3.05) is 6.54 Å². The van der Waals surface area contributed by atoms with Gasteiger partial charge in [0.15, 0.2) is 5.69 Å². The quantitative estimate of drug-likeness (QED) is 0.847. The molecule has 1 N–H and O–H groups in total. The molecule has 4 nitrogen and oxygen atoms in total. The van der Waals surface area contributed by atoms with Gasteiger partial charge in [-0.05, 0) is 24.5 Å². The number of nitrogens with one attached hydrogen (secondary N) is 1. The van der Waals surface area contributed by atoms with Crippen molar-refractivity contribution in [2.24, 2.45) is 5.92 Å². The highest BCUT2D eigenvalue weighted by Gasteiger charge is 2.20. The Morgan fingerprint density at radius 3 is 2.93 bits per heavy atom. The summed E-state index contributed by atoms with van der Waals surface area (Å²) in [4.78, 5) is 11.4. The van der Waals surface area contributed by atoms with Crippen molar-refractivity contribution in [1.82, 2.24) is 15.5 Å². The van der Waals surface area contributed by atoms with Gasteiger partial charge in [-0.3, -0.25) is 4.79 Å². The summed E-state index contributed by atoms with van der Waals surface area (Å²) < 4.78 is 0. The average molecular weight is 228 g/mol. The van der Waals surface area contributed by atoms with Crippen molar-refractivity contribution >= 4 is 18.3 Å². The highest BCUT2D eigenvalue weighted by Crippen LogP contribution is 2.31. The summed E-state index contributed by atoms with van der Waals surface area (Å²) in [5.41, 5.74) is 0.392. The van der Waals surface area contributed by atoms with E-state index in [2.05, 4.69) is 15.5 Å². The summed E-state index contributed by atoms with van der Waals surface area (Å²) >= 11 is 0. The van der Waals surface area contributed by atoms with Gasteiger partial charge in [0.1, 0.15) is 0 Å². The molecule has 1 fully saturated rings. The number of amides is 1. The van der Waals surface area contributed by atoms with E-state index in [1.807, 2.05) is 0 Å². The number of rotatable bonds is 4. The fourth-order valence-corrected chi connectivity index (χ4v) is 1.31. The van der Waals surface area contributed by atoms with Crippen LogP contribution in [-0.2, 0) is 0 Å². The number of nitrogens with zero attached hydrogens (tertiary/aromatic N) is 2. The Bertz CT molecular complexity index is 314. The van der Waals surface area contributed by atoms with E-state index in [0.29, 0.717) is 5.69 Å². The van der Waals surface area contributed by atoms with Crippen LogP contribution in [0.3, 0.4) is 0 Å². The lowest BCUT2D eigenvalue weighted by Gasteiger charge is -2.02. The maximum absolute atomic E-state index is 11.4. The van der Waals surface area contributed by atoms with Gasteiger partial charge in [0.2, 0.25) is 0 Å². The molecule has 0 saturated heterocycles. The molecule has 1 amide bonds. The van der Waals surface area contributed by atoms with Crippen molar-refractivity contribution in [1.29, 1.82) is 0 Å². The van der Waals surface area contributed by atoms with Crippen LogP contribution in [0.15, 0.2) is 18.3 Å². The summed E-state index contributed by atoms with van der Waals surface area (Å²) in [6.45, 7) is 0.750. The van der Waals surface area contributed by atoms with Crippen LogP contribution in [-0.4, -0.2) is 22.6 Å². The maximum atomic E-state index is 11.4. The second-order valence-electron chi connectivity index (χ2n) is 3.60. The second-order valence-corrected chi connectivity index (χ2v) is 3.60. The summed E-state index contributed by atoms with van der Waals surface area (Å²) in [5, 5.41) is 10.2. The molecule has 0 bridgehead atoms. The predicted octanol–water partition coefficient (Wildman–Crippen LogP) is 1.43. The molecule has 5 heteroatoms. The number of carbonyl (C=O) groups is 1. The first-order valence-electron chi connectivity index (χ1n) is 4.92. The summed E-state index contributed by atoms with van der Waals surface area (Å²) in [7, 11) is 0. The smallest absolute Gasteiger partial charge is 0.271 e. The van der Waals surface area contributed by atoms with Crippen molar-refractivity contribution < 1.29 is 4.79 Å². The van der Waals surface area contributed by atoms with Gasteiger partial charge in [0, 0.05) is 12.7 Å². The lowest BCUT2D eigenvalue weighted by atomic mass is 10.3. The van der Waals surface area contributed by atoms with Crippen LogP contribution >= 0.6 is 12.4 Å². The largest absolute Gasteiger partial charge is 0.351 e. The van der Waals surface area contributed by atoms with Gasteiger partial charge in [-0.15, -0.1) is 17.5 Å². The second kappa shape index (κ2) is 5.66. The van der Waals surface area contributed by atoms with Crippen LogP contribution in [0, 0.1) is 5.92 Å². The van der Waals surface area contributed by atoms with Gasteiger partial charge in [-0.2, -0.15) is 5.10 Å². The van der Waals surface area contributed by atoms with E-state index in [0.717, 1.165) is 18.9 Å². The molecule has 1 heterocycles. The number of hydrogen-bond acceptors (Lipinski definition) is 3. The summed E-state index contributed by atoms with van der Waals surface area (Å²) in [5.74, 6) is 0.718. The Morgan fingerprint density at radius 2 is 2.33 bits per heavy atom. The molecule has 1 aliphatic rings. The third-order valence-electron chi connectivity index (χ3n) is 2.34. The molecular weight excluding hydrogens is 214 g/mol. The molecule has 0 aromatic carbocycles. The van der Waals surface area contributed by atoms with Crippen LogP contribution in [0.2, 0.25) is 0 Å². The molecule has 1 saturated carbocycles. The van der Waals surface area contributed by atoms with Crippen LogP contribution in [0.1, 0.15) is 29.8 Å². The molecule has 2 rings (SSSR count). The lowest BCUT2D eigenvalue weighted by Crippen LogP contribution is -2.25. The van der Waals surface area contributed by atoms with E-state index in [9.17, 15) is 4.79 Å². The highest BCUT2D eigenvalue weighted by atomic mass is 35.5. The zero-order valence-corrected chi connectivity index (χ0v) is 9.17. The van der Waals surface area contributed by atoms with Crippen molar-refractivity contribution in [3.05, 3.63) is 24.0 Å². The van der Waals surface area contributed by atoms with E-state index in [-0.39, 0.29) is 18.3 Å². The molecule has 1 aromatic heterocycles. The fraction of sp³-hybridized carbons (Fsp3) is 0.500. The van der Waals surface area contributed by atoms with Gasteiger partial charge >= 0.3 is 0 Å². The molecule has 15 heavy (non-hydrogen) atoms. The maximum Gasteiger partial charge on any atom is 0.271 e. The molecule has 0 aliphatic heterocycles. The first-order chi connectivity index (χ1) is 6.86. The molecule has 0 radical (unpaired) electrons. The number of hydrogen-bond donors (Lipinski definition) is 1. The first kappa shape index (κ1) is 11.9. The molecular formula is C10H14ClN3O. The van der Waals surface area contributed by atoms with Crippen LogP contribution < -0.4 is 5.32 Å². The topological polar surface area (TPSA) is 54.9 Å². The number of aromatic nitrogens is 2. The van der Waals surface area contributed by atoms with Crippen molar-refractivity contribution in [3.63, 3.8) is 0 Å². The Kier molecular flexibility index (Phi) is 4.49. The Hall–Kier alpha value is -1.16. The van der Waals surface area contributed by atoms with E-state index >= 15 is 0 Å². The number of carbonyl (C=O) groups excluding carboxylic acids is 1. The fourth-order valence-electron chi connectivity index (χ4n) is 1.31. The average Bonchev–Trinajstić information content (AvgIpc) is 3.03. The van der Waals surface area contributed by atoms with Gasteiger partial charge in [-0.25, -0.2) is 0 Å². The molecule has 0 atom stereocenters. The minimum atomic E-state index is -0.126. The summed E-state index contributed by atoms with van der Waals surface area (Å²) in [6, 6.07) is 3.38. The van der Waals surface area contributed by atoms with Crippen molar-refractivity contribution in [2.45, 2.75) is 19.3 Å². The van der Waals surface area contributed by atoms with Crippen LogP contribution in [0.4, 0.5) is 0 Å². The SMILES string of the molecule is Cl.O=C(NCCC1CC1)c1cccnn1. The minimum Gasteiger partial charge on any atom is -0.351 e. The zero-order valence-electron chi connectivity index (χ0n) is 8.35. The van der Waals surface area contributed by atoms with E-state index in [1.165, 1.54) is 12.8 Å². The van der Waals surface area contributed by atoms with Gasteiger partial charge in [0.25, 0.3) is 5.91 Å². The number of halogens is 1. The van der Waals surface area contributed by atoms with Gasteiger partial charge in [-0.1, -0.05) is 12.8 Å². The minimum absolute atomic E-state index is 0. The van der Waals surface area contributed by atoms with Crippen LogP contribution in [0.25, 0.3) is 0 Å². The normalized spacial score (nSPS) is 14.1. The van der Waals surface area contributed by atoms with Gasteiger partial charge in [0.05, 0.1) is 0 Å². The Labute approximate surface area is 94.9 Å². The Balaban J connectivity index is 0.00000112. The monoisotopic (exact) mass is 227 g/mol. The van der Waals surface area contributed by atoms with E-state index in [1.54, 1.807) is 18.3 Å². The molecule has 0 unspecified atom stereocenters. The molecule has 1 aliphatic carbocycles. The van der Waals surface area contributed by atoms with Crippen LogP contribution in [0.5, 0.6) is 0 Å². The van der Waals surface area contributed by atoms with E-state index in [4.69, 9.17) is 0 Å². The summed E-state index contributed by atoms with van der Waals surface area (Å²) in [6.07, 6.45) is 5.29. The third-order valence-corrected chi connectivity index (χ3v) is 2.34. The van der Waals surface area contributed by atoms with E-state index < -0.39 is 0 Å². The van der Waals surface area contributed by atoms with Crippen molar-refractivity contribution in [3.8, 4) is 0 Å². The predicted molar refractivity (Wildman–Crippen MR) is 59.0 cm³/mol. The zero-order chi connectivity index (χ0) is 9.80. The highest BCUT2D eigenvalue weighted by molar-refractivity contribution is 5.91. The molecule has 1 aromatic rings. The Morgan fingerprint density at radius 1 is 1.53 bits per heavy atom.